The molecule has 1 aromatic heterocycles. The monoisotopic (exact) mass is 249 g/mol. The maximum Gasteiger partial charge on any atom is 0.213 e. The summed E-state index contributed by atoms with van der Waals surface area (Å²) >= 11 is 6.30. The molecule has 0 amide bonds. The molecule has 1 aromatic carbocycles. The van der Waals surface area contributed by atoms with Crippen molar-refractivity contribution in [3.05, 3.63) is 34.9 Å². The lowest BCUT2D eigenvalue weighted by atomic mass is 9.85. The van der Waals surface area contributed by atoms with Gasteiger partial charge in [-0.25, -0.2) is 4.98 Å². The summed E-state index contributed by atoms with van der Waals surface area (Å²) < 4.78 is 5.18. The Labute approximate surface area is 107 Å². The third-order valence-corrected chi connectivity index (χ3v) is 3.06. The molecule has 2 aromatic rings. The summed E-state index contributed by atoms with van der Waals surface area (Å²) in [7, 11) is 1.62. The quantitative estimate of drug-likeness (QED) is 0.756. The highest BCUT2D eigenvalue weighted by molar-refractivity contribution is 6.32. The first-order chi connectivity index (χ1) is 7.93. The minimum Gasteiger partial charge on any atom is -0.481 e. The SMILES string of the molecule is COc1ccc2ccc(Cl)c(C(C)(C)C)c2n1. The van der Waals surface area contributed by atoms with E-state index in [1.54, 1.807) is 7.11 Å². The van der Waals surface area contributed by atoms with Gasteiger partial charge in [-0.1, -0.05) is 38.4 Å². The second-order valence-corrected chi connectivity index (χ2v) is 5.50. The van der Waals surface area contributed by atoms with Gasteiger partial charge in [0.1, 0.15) is 0 Å². The summed E-state index contributed by atoms with van der Waals surface area (Å²) in [5.74, 6) is 0.616. The number of pyridine rings is 1. The molecule has 0 aliphatic rings. The molecule has 0 saturated heterocycles. The molecule has 0 spiro atoms. The van der Waals surface area contributed by atoms with Crippen molar-refractivity contribution < 1.29 is 4.74 Å². The van der Waals surface area contributed by atoms with Crippen LogP contribution in [0.15, 0.2) is 24.3 Å². The van der Waals surface area contributed by atoms with E-state index in [9.17, 15) is 0 Å². The predicted octanol–water partition coefficient (Wildman–Crippen LogP) is 4.19. The Bertz CT molecular complexity index is 558. The van der Waals surface area contributed by atoms with Crippen molar-refractivity contribution in [1.29, 1.82) is 0 Å². The number of halogens is 1. The van der Waals surface area contributed by atoms with E-state index in [2.05, 4.69) is 25.8 Å². The number of fused-ring (bicyclic) bond motifs is 1. The van der Waals surface area contributed by atoms with Crippen LogP contribution < -0.4 is 4.74 Å². The van der Waals surface area contributed by atoms with Gasteiger partial charge in [0.2, 0.25) is 5.88 Å². The van der Waals surface area contributed by atoms with Crippen molar-refractivity contribution in [1.82, 2.24) is 4.98 Å². The number of hydrogen-bond acceptors (Lipinski definition) is 2. The lowest BCUT2D eigenvalue weighted by Gasteiger charge is -2.22. The van der Waals surface area contributed by atoms with Gasteiger partial charge < -0.3 is 4.74 Å². The summed E-state index contributed by atoms with van der Waals surface area (Å²) in [6.45, 7) is 6.40. The van der Waals surface area contributed by atoms with Crippen LogP contribution in [0, 0.1) is 0 Å². The smallest absolute Gasteiger partial charge is 0.213 e. The van der Waals surface area contributed by atoms with Crippen molar-refractivity contribution in [3.63, 3.8) is 0 Å². The number of rotatable bonds is 1. The van der Waals surface area contributed by atoms with Gasteiger partial charge in [-0.3, -0.25) is 0 Å². The average molecular weight is 250 g/mol. The van der Waals surface area contributed by atoms with Crippen molar-refractivity contribution in [2.24, 2.45) is 0 Å². The van der Waals surface area contributed by atoms with E-state index in [1.807, 2.05) is 24.3 Å². The molecule has 0 unspecified atom stereocenters. The standard InChI is InChI=1S/C14H16ClNO/c1-14(2,3)12-10(15)7-5-9-6-8-11(17-4)16-13(9)12/h5-8H,1-4H3. The van der Waals surface area contributed by atoms with Gasteiger partial charge in [0.05, 0.1) is 12.6 Å². The highest BCUT2D eigenvalue weighted by Gasteiger charge is 2.21. The molecule has 0 aliphatic heterocycles. The number of aromatic nitrogens is 1. The fourth-order valence-corrected chi connectivity index (χ4v) is 2.41. The van der Waals surface area contributed by atoms with Crippen molar-refractivity contribution >= 4 is 22.5 Å². The molecule has 0 N–H and O–H groups in total. The zero-order valence-corrected chi connectivity index (χ0v) is 11.3. The molecule has 2 rings (SSSR count). The fraction of sp³-hybridized carbons (Fsp3) is 0.357. The molecule has 0 bridgehead atoms. The van der Waals surface area contributed by atoms with E-state index in [4.69, 9.17) is 16.3 Å². The molecule has 1 heterocycles. The van der Waals surface area contributed by atoms with Crippen LogP contribution in [0.5, 0.6) is 5.88 Å². The van der Waals surface area contributed by atoms with E-state index in [0.717, 1.165) is 21.5 Å². The van der Waals surface area contributed by atoms with E-state index in [0.29, 0.717) is 5.88 Å². The van der Waals surface area contributed by atoms with Crippen molar-refractivity contribution in [2.75, 3.05) is 7.11 Å². The molecule has 0 radical (unpaired) electrons. The van der Waals surface area contributed by atoms with Gasteiger partial charge in [0.25, 0.3) is 0 Å². The van der Waals surface area contributed by atoms with Crippen molar-refractivity contribution in [3.8, 4) is 5.88 Å². The molecule has 0 aliphatic carbocycles. The third kappa shape index (κ3) is 2.22. The van der Waals surface area contributed by atoms with E-state index in [-0.39, 0.29) is 5.41 Å². The van der Waals surface area contributed by atoms with Crippen LogP contribution in [-0.2, 0) is 5.41 Å². The number of nitrogens with zero attached hydrogens (tertiary/aromatic N) is 1. The Morgan fingerprint density at radius 2 is 1.76 bits per heavy atom. The number of methoxy groups -OCH3 is 1. The normalized spacial score (nSPS) is 11.8. The lowest BCUT2D eigenvalue weighted by Crippen LogP contribution is -2.13. The highest BCUT2D eigenvalue weighted by Crippen LogP contribution is 2.35. The predicted molar refractivity (Wildman–Crippen MR) is 72.0 cm³/mol. The molecule has 90 valence electrons. The van der Waals surface area contributed by atoms with Crippen LogP contribution in [0.3, 0.4) is 0 Å². The Morgan fingerprint density at radius 3 is 2.35 bits per heavy atom. The van der Waals surface area contributed by atoms with Crippen LogP contribution in [0.25, 0.3) is 10.9 Å². The minimum absolute atomic E-state index is 0.0457. The third-order valence-electron chi connectivity index (χ3n) is 2.74. The molecule has 0 atom stereocenters. The second-order valence-electron chi connectivity index (χ2n) is 5.10. The van der Waals surface area contributed by atoms with Gasteiger partial charge in [-0.2, -0.15) is 0 Å². The summed E-state index contributed by atoms with van der Waals surface area (Å²) in [5, 5.41) is 1.84. The summed E-state index contributed by atoms with van der Waals surface area (Å²) in [6.07, 6.45) is 0. The number of benzene rings is 1. The average Bonchev–Trinajstić information content (AvgIpc) is 2.26. The van der Waals surface area contributed by atoms with Gasteiger partial charge in [0.15, 0.2) is 0 Å². The summed E-state index contributed by atoms with van der Waals surface area (Å²) in [4.78, 5) is 4.51. The maximum atomic E-state index is 6.30. The van der Waals surface area contributed by atoms with Crippen LogP contribution in [0.1, 0.15) is 26.3 Å². The molecule has 0 saturated carbocycles. The van der Waals surface area contributed by atoms with Gasteiger partial charge in [0, 0.05) is 22.0 Å². The summed E-state index contributed by atoms with van der Waals surface area (Å²) in [5.41, 5.74) is 1.94. The van der Waals surface area contributed by atoms with Gasteiger partial charge in [-0.15, -0.1) is 0 Å². The molecular weight excluding hydrogens is 234 g/mol. The second kappa shape index (κ2) is 4.19. The summed E-state index contributed by atoms with van der Waals surface area (Å²) in [6, 6.07) is 7.79. The van der Waals surface area contributed by atoms with E-state index < -0.39 is 0 Å². The van der Waals surface area contributed by atoms with Crippen LogP contribution in [0.4, 0.5) is 0 Å². The Balaban J connectivity index is 2.83. The van der Waals surface area contributed by atoms with Crippen LogP contribution >= 0.6 is 11.6 Å². The van der Waals surface area contributed by atoms with Gasteiger partial charge in [-0.05, 0) is 17.5 Å². The Hall–Kier alpha value is -1.28. The first kappa shape index (κ1) is 12.2. The first-order valence-electron chi connectivity index (χ1n) is 5.57. The van der Waals surface area contributed by atoms with Gasteiger partial charge >= 0.3 is 0 Å². The molecule has 3 heteroatoms. The molecule has 2 nitrogen and oxygen atoms in total. The zero-order chi connectivity index (χ0) is 12.6. The number of hydrogen-bond donors (Lipinski definition) is 0. The fourth-order valence-electron chi connectivity index (χ4n) is 1.97. The van der Waals surface area contributed by atoms with E-state index >= 15 is 0 Å². The topological polar surface area (TPSA) is 22.1 Å². The van der Waals surface area contributed by atoms with E-state index in [1.165, 1.54) is 0 Å². The number of ether oxygens (including phenoxy) is 1. The molecule has 0 fully saturated rings. The van der Waals surface area contributed by atoms with Crippen LogP contribution in [0.2, 0.25) is 5.02 Å². The highest BCUT2D eigenvalue weighted by atomic mass is 35.5. The van der Waals surface area contributed by atoms with Crippen molar-refractivity contribution in [2.45, 2.75) is 26.2 Å². The first-order valence-corrected chi connectivity index (χ1v) is 5.95. The molecule has 17 heavy (non-hydrogen) atoms. The minimum atomic E-state index is -0.0457. The van der Waals surface area contributed by atoms with Crippen LogP contribution in [-0.4, -0.2) is 12.1 Å². The lowest BCUT2D eigenvalue weighted by molar-refractivity contribution is 0.399. The Kier molecular flexibility index (Phi) is 3.00. The zero-order valence-electron chi connectivity index (χ0n) is 10.5. The molecular formula is C14H16ClNO. The Morgan fingerprint density at radius 1 is 1.12 bits per heavy atom. The maximum absolute atomic E-state index is 6.30. The largest absolute Gasteiger partial charge is 0.481 e.